The van der Waals surface area contributed by atoms with Gasteiger partial charge >= 0.3 is 0 Å². The number of methoxy groups -OCH3 is 1. The highest BCUT2D eigenvalue weighted by atomic mass is 16.5. The van der Waals surface area contributed by atoms with Gasteiger partial charge in [0, 0.05) is 26.9 Å². The molecule has 0 bridgehead atoms. The van der Waals surface area contributed by atoms with Gasteiger partial charge in [0.15, 0.2) is 0 Å². The third-order valence-electron chi connectivity index (χ3n) is 2.96. The molecule has 0 radical (unpaired) electrons. The first-order valence-corrected chi connectivity index (χ1v) is 4.56. The van der Waals surface area contributed by atoms with Crippen LogP contribution in [0.4, 0.5) is 0 Å². The minimum Gasteiger partial charge on any atom is -0.381 e. The molecule has 2 N–H and O–H groups in total. The number of rotatable bonds is 3. The van der Waals surface area contributed by atoms with E-state index in [0.717, 1.165) is 26.1 Å². The molecule has 1 unspecified atom stereocenters. The normalized spacial score (nSPS) is 25.2. The van der Waals surface area contributed by atoms with Crippen molar-refractivity contribution in [3.63, 3.8) is 0 Å². The van der Waals surface area contributed by atoms with Crippen LogP contribution in [0.3, 0.4) is 0 Å². The second kappa shape index (κ2) is 4.21. The summed E-state index contributed by atoms with van der Waals surface area (Å²) in [5.74, 6) is 0.557. The lowest BCUT2D eigenvalue weighted by Gasteiger charge is -2.37. The van der Waals surface area contributed by atoms with Crippen molar-refractivity contribution in [2.45, 2.75) is 25.4 Å². The van der Waals surface area contributed by atoms with Crippen LogP contribution in [0.25, 0.3) is 0 Å². The molecule has 0 aromatic carbocycles. The smallest absolute Gasteiger partial charge is 0.0802 e. The summed E-state index contributed by atoms with van der Waals surface area (Å²) in [7, 11) is 1.74. The Morgan fingerprint density at radius 3 is 2.50 bits per heavy atom. The number of hydrogen-bond acceptors (Lipinski definition) is 3. The van der Waals surface area contributed by atoms with Gasteiger partial charge in [0.2, 0.25) is 0 Å². The SMILES string of the molecule is COC(C)(CN)C1CCOCC1. The fourth-order valence-corrected chi connectivity index (χ4v) is 1.72. The molecule has 12 heavy (non-hydrogen) atoms. The molecule has 1 aliphatic rings. The predicted octanol–water partition coefficient (Wildman–Crippen LogP) is 0.777. The van der Waals surface area contributed by atoms with Crippen LogP contribution < -0.4 is 5.73 Å². The average molecular weight is 173 g/mol. The highest BCUT2D eigenvalue weighted by Crippen LogP contribution is 2.28. The Morgan fingerprint density at radius 1 is 1.50 bits per heavy atom. The zero-order valence-corrected chi connectivity index (χ0v) is 8.01. The topological polar surface area (TPSA) is 44.5 Å². The Kier molecular flexibility index (Phi) is 3.50. The maximum Gasteiger partial charge on any atom is 0.0802 e. The summed E-state index contributed by atoms with van der Waals surface area (Å²) in [5.41, 5.74) is 5.53. The van der Waals surface area contributed by atoms with Gasteiger partial charge < -0.3 is 15.2 Å². The number of hydrogen-bond donors (Lipinski definition) is 1. The van der Waals surface area contributed by atoms with E-state index in [1.807, 2.05) is 0 Å². The lowest BCUT2D eigenvalue weighted by atomic mass is 9.83. The quantitative estimate of drug-likeness (QED) is 0.686. The second-order valence-electron chi connectivity index (χ2n) is 3.61. The summed E-state index contributed by atoms with van der Waals surface area (Å²) in [5, 5.41) is 0. The van der Waals surface area contributed by atoms with Crippen molar-refractivity contribution >= 4 is 0 Å². The van der Waals surface area contributed by atoms with E-state index in [2.05, 4.69) is 6.92 Å². The molecule has 1 aliphatic heterocycles. The molecule has 3 nitrogen and oxygen atoms in total. The average Bonchev–Trinajstić information content (AvgIpc) is 2.18. The van der Waals surface area contributed by atoms with Crippen molar-refractivity contribution in [2.75, 3.05) is 26.9 Å². The molecule has 0 spiro atoms. The van der Waals surface area contributed by atoms with Gasteiger partial charge in [-0.3, -0.25) is 0 Å². The zero-order chi connectivity index (χ0) is 9.03. The van der Waals surface area contributed by atoms with Crippen LogP contribution in [0.1, 0.15) is 19.8 Å². The Labute approximate surface area is 74.2 Å². The summed E-state index contributed by atoms with van der Waals surface area (Å²) >= 11 is 0. The molecular formula is C9H19NO2. The van der Waals surface area contributed by atoms with Crippen LogP contribution in [-0.4, -0.2) is 32.5 Å². The van der Waals surface area contributed by atoms with Gasteiger partial charge in [-0.05, 0) is 25.7 Å². The van der Waals surface area contributed by atoms with Crippen molar-refractivity contribution in [3.8, 4) is 0 Å². The van der Waals surface area contributed by atoms with E-state index < -0.39 is 0 Å². The third-order valence-corrected chi connectivity index (χ3v) is 2.96. The van der Waals surface area contributed by atoms with Gasteiger partial charge in [0.25, 0.3) is 0 Å². The van der Waals surface area contributed by atoms with Crippen LogP contribution in [-0.2, 0) is 9.47 Å². The summed E-state index contributed by atoms with van der Waals surface area (Å²) in [6.07, 6.45) is 2.14. The number of nitrogens with two attached hydrogens (primary N) is 1. The summed E-state index contributed by atoms with van der Waals surface area (Å²) in [6.45, 7) is 4.38. The Bertz CT molecular complexity index is 128. The van der Waals surface area contributed by atoms with Crippen LogP contribution >= 0.6 is 0 Å². The standard InChI is InChI=1S/C9H19NO2/c1-9(7-10,11-2)8-3-5-12-6-4-8/h8H,3-7,10H2,1-2H3. The third kappa shape index (κ3) is 1.97. The first kappa shape index (κ1) is 9.96. The van der Waals surface area contributed by atoms with Crippen LogP contribution in [0, 0.1) is 5.92 Å². The van der Waals surface area contributed by atoms with E-state index in [1.165, 1.54) is 0 Å². The van der Waals surface area contributed by atoms with E-state index >= 15 is 0 Å². The fraction of sp³-hybridized carbons (Fsp3) is 1.00. The predicted molar refractivity (Wildman–Crippen MR) is 48.0 cm³/mol. The molecule has 1 fully saturated rings. The van der Waals surface area contributed by atoms with E-state index in [0.29, 0.717) is 12.5 Å². The van der Waals surface area contributed by atoms with Crippen LogP contribution in [0.15, 0.2) is 0 Å². The molecule has 72 valence electrons. The van der Waals surface area contributed by atoms with E-state index in [4.69, 9.17) is 15.2 Å². The lowest BCUT2D eigenvalue weighted by Crippen LogP contribution is -2.46. The molecule has 0 saturated carbocycles. The molecule has 1 atom stereocenters. The molecule has 1 heterocycles. The van der Waals surface area contributed by atoms with E-state index in [1.54, 1.807) is 7.11 Å². The molecule has 1 rings (SSSR count). The largest absolute Gasteiger partial charge is 0.381 e. The van der Waals surface area contributed by atoms with Crippen LogP contribution in [0.2, 0.25) is 0 Å². The monoisotopic (exact) mass is 173 g/mol. The van der Waals surface area contributed by atoms with Gasteiger partial charge in [-0.2, -0.15) is 0 Å². The van der Waals surface area contributed by atoms with Gasteiger partial charge in [0.1, 0.15) is 0 Å². The summed E-state index contributed by atoms with van der Waals surface area (Å²) < 4.78 is 10.7. The molecule has 0 amide bonds. The van der Waals surface area contributed by atoms with Gasteiger partial charge in [-0.1, -0.05) is 0 Å². The fourth-order valence-electron chi connectivity index (χ4n) is 1.72. The first-order chi connectivity index (χ1) is 5.73. The van der Waals surface area contributed by atoms with E-state index in [-0.39, 0.29) is 5.60 Å². The van der Waals surface area contributed by atoms with Gasteiger partial charge in [0.05, 0.1) is 5.60 Å². The van der Waals surface area contributed by atoms with Crippen molar-refractivity contribution in [1.82, 2.24) is 0 Å². The van der Waals surface area contributed by atoms with E-state index in [9.17, 15) is 0 Å². The lowest BCUT2D eigenvalue weighted by molar-refractivity contribution is -0.0741. The first-order valence-electron chi connectivity index (χ1n) is 4.56. The maximum atomic E-state index is 5.68. The molecule has 1 saturated heterocycles. The maximum absolute atomic E-state index is 5.68. The van der Waals surface area contributed by atoms with Gasteiger partial charge in [-0.15, -0.1) is 0 Å². The number of ether oxygens (including phenoxy) is 2. The summed E-state index contributed by atoms with van der Waals surface area (Å²) in [4.78, 5) is 0. The molecular weight excluding hydrogens is 154 g/mol. The molecule has 0 aromatic heterocycles. The van der Waals surface area contributed by atoms with Crippen molar-refractivity contribution in [2.24, 2.45) is 11.7 Å². The summed E-state index contributed by atoms with van der Waals surface area (Å²) in [6, 6.07) is 0. The highest BCUT2D eigenvalue weighted by Gasteiger charge is 2.33. The Balaban J connectivity index is 2.51. The minimum atomic E-state index is -0.149. The molecule has 3 heteroatoms. The zero-order valence-electron chi connectivity index (χ0n) is 8.01. The highest BCUT2D eigenvalue weighted by molar-refractivity contribution is 4.86. The second-order valence-corrected chi connectivity index (χ2v) is 3.61. The Morgan fingerprint density at radius 2 is 2.08 bits per heavy atom. The Hall–Kier alpha value is -0.120. The minimum absolute atomic E-state index is 0.149. The van der Waals surface area contributed by atoms with Crippen molar-refractivity contribution in [3.05, 3.63) is 0 Å². The van der Waals surface area contributed by atoms with Crippen LogP contribution in [0.5, 0.6) is 0 Å². The van der Waals surface area contributed by atoms with Crippen molar-refractivity contribution < 1.29 is 9.47 Å². The van der Waals surface area contributed by atoms with Gasteiger partial charge in [-0.25, -0.2) is 0 Å². The molecule has 0 aliphatic carbocycles. The molecule has 0 aromatic rings. The van der Waals surface area contributed by atoms with Crippen molar-refractivity contribution in [1.29, 1.82) is 0 Å².